The van der Waals surface area contributed by atoms with E-state index in [1.165, 1.54) is 6.92 Å². The lowest BCUT2D eigenvalue weighted by molar-refractivity contribution is -0.144. The van der Waals surface area contributed by atoms with E-state index in [2.05, 4.69) is 9.46 Å². The molecule has 2 N–H and O–H groups in total. The lowest BCUT2D eigenvalue weighted by atomic mass is 9.98. The highest BCUT2D eigenvalue weighted by Crippen LogP contribution is 2.40. The topological polar surface area (TPSA) is 110 Å². The SMILES string of the molecule is CCOC(=O)CS(=O)(=O)NC(C)(C(=O)O)C1CC1. The molecule has 1 saturated carbocycles. The Bertz CT molecular complexity index is 441. The first-order chi connectivity index (χ1) is 8.21. The Hall–Kier alpha value is -1.15. The van der Waals surface area contributed by atoms with Gasteiger partial charge in [-0.2, -0.15) is 4.72 Å². The number of aliphatic carboxylic acids is 1. The molecule has 7 nitrogen and oxygen atoms in total. The van der Waals surface area contributed by atoms with Crippen LogP contribution in [0.5, 0.6) is 0 Å². The number of ether oxygens (including phenoxy) is 1. The van der Waals surface area contributed by atoms with Crippen LogP contribution < -0.4 is 4.72 Å². The van der Waals surface area contributed by atoms with Gasteiger partial charge < -0.3 is 9.84 Å². The van der Waals surface area contributed by atoms with Gasteiger partial charge in [-0.3, -0.25) is 9.59 Å². The zero-order chi connectivity index (χ0) is 14.0. The lowest BCUT2D eigenvalue weighted by Crippen LogP contribution is -2.55. The van der Waals surface area contributed by atoms with Crippen LogP contribution in [0, 0.1) is 5.92 Å². The van der Waals surface area contributed by atoms with Crippen molar-refractivity contribution in [2.45, 2.75) is 32.2 Å². The van der Waals surface area contributed by atoms with Crippen LogP contribution in [0.15, 0.2) is 0 Å². The summed E-state index contributed by atoms with van der Waals surface area (Å²) < 4.78 is 30.0. The van der Waals surface area contributed by atoms with E-state index in [-0.39, 0.29) is 12.5 Å². The predicted octanol–water partition coefficient (Wildman–Crippen LogP) is -0.278. The Morgan fingerprint density at radius 1 is 1.44 bits per heavy atom. The van der Waals surface area contributed by atoms with Crippen molar-refractivity contribution in [1.82, 2.24) is 4.72 Å². The minimum atomic E-state index is -4.02. The van der Waals surface area contributed by atoms with Crippen molar-refractivity contribution in [2.24, 2.45) is 5.92 Å². The summed E-state index contributed by atoms with van der Waals surface area (Å²) in [7, 11) is -4.02. The summed E-state index contributed by atoms with van der Waals surface area (Å²) in [5.41, 5.74) is -1.55. The van der Waals surface area contributed by atoms with Crippen LogP contribution in [0.25, 0.3) is 0 Å². The molecule has 1 unspecified atom stereocenters. The molecule has 1 rings (SSSR count). The molecule has 0 aromatic carbocycles. The predicted molar refractivity (Wildman–Crippen MR) is 62.3 cm³/mol. The van der Waals surface area contributed by atoms with Gasteiger partial charge in [-0.15, -0.1) is 0 Å². The molecule has 0 aliphatic heterocycles. The molecule has 18 heavy (non-hydrogen) atoms. The minimum Gasteiger partial charge on any atom is -0.480 e. The van der Waals surface area contributed by atoms with Crippen LogP contribution in [0.4, 0.5) is 0 Å². The third-order valence-corrected chi connectivity index (χ3v) is 4.17. The van der Waals surface area contributed by atoms with Crippen molar-refractivity contribution in [3.8, 4) is 0 Å². The van der Waals surface area contributed by atoms with E-state index in [0.717, 1.165) is 0 Å². The van der Waals surface area contributed by atoms with Crippen molar-refractivity contribution < 1.29 is 27.9 Å². The summed E-state index contributed by atoms with van der Waals surface area (Å²) in [4.78, 5) is 22.3. The number of carboxylic acid groups (broad SMARTS) is 1. The Labute approximate surface area is 106 Å². The largest absolute Gasteiger partial charge is 0.480 e. The fourth-order valence-electron chi connectivity index (χ4n) is 1.68. The van der Waals surface area contributed by atoms with Gasteiger partial charge >= 0.3 is 11.9 Å². The van der Waals surface area contributed by atoms with Crippen LogP contribution in [0.3, 0.4) is 0 Å². The van der Waals surface area contributed by atoms with Gasteiger partial charge in [0.1, 0.15) is 5.54 Å². The molecule has 0 bridgehead atoms. The average Bonchev–Trinajstić information content (AvgIpc) is 2.98. The molecule has 0 aromatic rings. The second kappa shape index (κ2) is 5.23. The first-order valence-electron chi connectivity index (χ1n) is 5.62. The molecule has 1 aliphatic rings. The van der Waals surface area contributed by atoms with Gasteiger partial charge in [-0.1, -0.05) is 0 Å². The first-order valence-corrected chi connectivity index (χ1v) is 7.27. The summed E-state index contributed by atoms with van der Waals surface area (Å²) in [6, 6.07) is 0. The van der Waals surface area contributed by atoms with Crippen LogP contribution in [-0.2, 0) is 24.3 Å². The van der Waals surface area contributed by atoms with Gasteiger partial charge in [0.15, 0.2) is 5.75 Å². The van der Waals surface area contributed by atoms with Gasteiger partial charge in [0.05, 0.1) is 6.61 Å². The highest BCUT2D eigenvalue weighted by molar-refractivity contribution is 7.90. The number of hydrogen-bond donors (Lipinski definition) is 2. The summed E-state index contributed by atoms with van der Waals surface area (Å²) in [6.07, 6.45) is 1.31. The molecule has 0 spiro atoms. The van der Waals surface area contributed by atoms with Crippen LogP contribution in [-0.4, -0.2) is 43.4 Å². The summed E-state index contributed by atoms with van der Waals surface area (Å²) in [5, 5.41) is 9.10. The fraction of sp³-hybridized carbons (Fsp3) is 0.800. The standard InChI is InChI=1S/C10H17NO6S/c1-3-17-8(12)6-18(15,16)11-10(2,9(13)14)7-4-5-7/h7,11H,3-6H2,1-2H3,(H,13,14). The first kappa shape index (κ1) is 14.9. The number of hydrogen-bond acceptors (Lipinski definition) is 5. The number of carbonyl (C=O) groups excluding carboxylic acids is 1. The maximum Gasteiger partial charge on any atom is 0.324 e. The quantitative estimate of drug-likeness (QED) is 0.620. The molecule has 104 valence electrons. The Balaban J connectivity index is 2.74. The summed E-state index contributed by atoms with van der Waals surface area (Å²) in [6.45, 7) is 2.95. The minimum absolute atomic E-state index is 0.0766. The van der Waals surface area contributed by atoms with E-state index < -0.39 is 33.3 Å². The number of rotatable bonds is 7. The smallest absolute Gasteiger partial charge is 0.324 e. The fourth-order valence-corrected chi connectivity index (χ4v) is 3.05. The third kappa shape index (κ3) is 3.67. The Morgan fingerprint density at radius 3 is 2.39 bits per heavy atom. The Kier molecular flexibility index (Phi) is 4.33. The van der Waals surface area contributed by atoms with Gasteiger partial charge in [0.2, 0.25) is 10.0 Å². The maximum absolute atomic E-state index is 11.7. The van der Waals surface area contributed by atoms with Gasteiger partial charge in [-0.25, -0.2) is 8.42 Å². The van der Waals surface area contributed by atoms with Gasteiger partial charge in [0.25, 0.3) is 0 Å². The van der Waals surface area contributed by atoms with Crippen molar-refractivity contribution in [3.63, 3.8) is 0 Å². The highest BCUT2D eigenvalue weighted by Gasteiger charge is 2.50. The van der Waals surface area contributed by atoms with Crippen LogP contribution in [0.1, 0.15) is 26.7 Å². The second-order valence-corrected chi connectivity index (χ2v) is 6.17. The molecule has 0 amide bonds. The van der Waals surface area contributed by atoms with Crippen molar-refractivity contribution in [1.29, 1.82) is 0 Å². The van der Waals surface area contributed by atoms with Crippen LogP contribution in [0.2, 0.25) is 0 Å². The number of sulfonamides is 1. The normalized spacial score (nSPS) is 19.0. The molecule has 0 heterocycles. The molecular weight excluding hydrogens is 262 g/mol. The average molecular weight is 279 g/mol. The molecular formula is C10H17NO6S. The third-order valence-electron chi connectivity index (χ3n) is 2.82. The number of esters is 1. The summed E-state index contributed by atoms with van der Waals surface area (Å²) in [5.74, 6) is -3.23. The maximum atomic E-state index is 11.7. The summed E-state index contributed by atoms with van der Waals surface area (Å²) >= 11 is 0. The zero-order valence-corrected chi connectivity index (χ0v) is 11.1. The van der Waals surface area contributed by atoms with E-state index in [0.29, 0.717) is 12.8 Å². The van der Waals surface area contributed by atoms with E-state index in [4.69, 9.17) is 5.11 Å². The van der Waals surface area contributed by atoms with E-state index in [1.54, 1.807) is 6.92 Å². The molecule has 0 aromatic heterocycles. The van der Waals surface area contributed by atoms with Crippen molar-refractivity contribution in [3.05, 3.63) is 0 Å². The number of nitrogens with one attached hydrogen (secondary N) is 1. The van der Waals surface area contributed by atoms with Gasteiger partial charge in [-0.05, 0) is 32.6 Å². The molecule has 0 saturated heterocycles. The van der Waals surface area contributed by atoms with Crippen LogP contribution >= 0.6 is 0 Å². The molecule has 1 atom stereocenters. The van der Waals surface area contributed by atoms with Crippen molar-refractivity contribution >= 4 is 22.0 Å². The molecule has 8 heteroatoms. The number of carboxylic acids is 1. The zero-order valence-electron chi connectivity index (χ0n) is 10.3. The van der Waals surface area contributed by atoms with E-state index in [1.807, 2.05) is 0 Å². The molecule has 0 radical (unpaired) electrons. The Morgan fingerprint density at radius 2 is 2.00 bits per heavy atom. The van der Waals surface area contributed by atoms with E-state index >= 15 is 0 Å². The van der Waals surface area contributed by atoms with Gasteiger partial charge in [0, 0.05) is 0 Å². The number of carbonyl (C=O) groups is 2. The lowest BCUT2D eigenvalue weighted by Gasteiger charge is -2.25. The monoisotopic (exact) mass is 279 g/mol. The van der Waals surface area contributed by atoms with E-state index in [9.17, 15) is 18.0 Å². The second-order valence-electron chi connectivity index (χ2n) is 4.45. The van der Waals surface area contributed by atoms with Crippen molar-refractivity contribution in [2.75, 3.05) is 12.4 Å². The molecule has 1 fully saturated rings. The molecule has 1 aliphatic carbocycles. The highest BCUT2D eigenvalue weighted by atomic mass is 32.2.